The zero-order valence-electron chi connectivity index (χ0n) is 11.9. The smallest absolute Gasteiger partial charge is 0.106 e. The molecule has 0 saturated carbocycles. The Balaban J connectivity index is 2.95. The number of thiocarbonyl (C=S) groups is 1. The van der Waals surface area contributed by atoms with Crippen molar-refractivity contribution in [2.75, 3.05) is 26.0 Å². The first-order valence-corrected chi connectivity index (χ1v) is 6.47. The summed E-state index contributed by atoms with van der Waals surface area (Å²) < 4.78 is 0. The molecule has 0 saturated heterocycles. The summed E-state index contributed by atoms with van der Waals surface area (Å²) in [5, 5.41) is 3.48. The summed E-state index contributed by atoms with van der Waals surface area (Å²) in [5.74, 6) is 0. The van der Waals surface area contributed by atoms with Crippen LogP contribution in [0.1, 0.15) is 25.0 Å². The summed E-state index contributed by atoms with van der Waals surface area (Å²) in [6, 6.07) is 6.00. The van der Waals surface area contributed by atoms with Crippen molar-refractivity contribution in [2.45, 2.75) is 26.3 Å². The Labute approximate surface area is 115 Å². The number of nitrogens with zero attached hydrogens (tertiary/aromatic N) is 1. The lowest BCUT2D eigenvalue weighted by Gasteiger charge is -2.33. The lowest BCUT2D eigenvalue weighted by atomic mass is 10.0. The maximum absolute atomic E-state index is 5.76. The highest BCUT2D eigenvalue weighted by molar-refractivity contribution is 7.80. The number of benzene rings is 1. The van der Waals surface area contributed by atoms with Crippen LogP contribution in [0.25, 0.3) is 0 Å². The van der Waals surface area contributed by atoms with E-state index in [0.29, 0.717) is 4.99 Å². The fourth-order valence-electron chi connectivity index (χ4n) is 1.57. The van der Waals surface area contributed by atoms with Gasteiger partial charge in [0.05, 0.1) is 0 Å². The van der Waals surface area contributed by atoms with Gasteiger partial charge in [-0.3, -0.25) is 0 Å². The Bertz CT molecular complexity index is 439. The Kier molecular flexibility index (Phi) is 4.71. The number of hydrogen-bond acceptors (Lipinski definition) is 3. The molecular weight excluding hydrogens is 242 g/mol. The number of nitrogens with two attached hydrogens (primary N) is 1. The van der Waals surface area contributed by atoms with Gasteiger partial charge in [-0.15, -0.1) is 0 Å². The number of para-hydroxylation sites is 1. The number of aryl methyl sites for hydroxylation is 1. The fourth-order valence-corrected chi connectivity index (χ4v) is 1.74. The molecule has 0 amide bonds. The van der Waals surface area contributed by atoms with Crippen molar-refractivity contribution >= 4 is 22.9 Å². The number of hydrogen-bond donors (Lipinski definition) is 2. The minimum atomic E-state index is 0.0652. The normalized spacial score (nSPS) is 11.7. The van der Waals surface area contributed by atoms with Crippen LogP contribution in [0.3, 0.4) is 0 Å². The second-order valence-corrected chi connectivity index (χ2v) is 5.86. The first kappa shape index (κ1) is 14.9. The van der Waals surface area contributed by atoms with E-state index in [0.717, 1.165) is 23.4 Å². The molecule has 0 bridgehead atoms. The quantitative estimate of drug-likeness (QED) is 0.802. The van der Waals surface area contributed by atoms with Crippen LogP contribution >= 0.6 is 12.2 Å². The van der Waals surface area contributed by atoms with Crippen LogP contribution in [0.2, 0.25) is 0 Å². The Morgan fingerprint density at radius 2 is 2.00 bits per heavy atom. The molecule has 0 heterocycles. The van der Waals surface area contributed by atoms with E-state index in [1.54, 1.807) is 0 Å². The minimum Gasteiger partial charge on any atom is -0.389 e. The van der Waals surface area contributed by atoms with E-state index in [1.807, 2.05) is 12.1 Å². The molecule has 3 N–H and O–H groups in total. The molecular formula is C14H23N3S. The topological polar surface area (TPSA) is 41.3 Å². The third-order valence-electron chi connectivity index (χ3n) is 3.45. The molecule has 0 aliphatic heterocycles. The summed E-state index contributed by atoms with van der Waals surface area (Å²) >= 11 is 5.10. The van der Waals surface area contributed by atoms with Gasteiger partial charge in [0, 0.05) is 23.3 Å². The van der Waals surface area contributed by atoms with E-state index < -0.39 is 0 Å². The maximum atomic E-state index is 5.76. The number of likely N-dealkylation sites (N-methyl/N-ethyl adjacent to an activating group) is 1. The van der Waals surface area contributed by atoms with Crippen LogP contribution in [0, 0.1) is 6.92 Å². The Morgan fingerprint density at radius 1 is 1.39 bits per heavy atom. The lowest BCUT2D eigenvalue weighted by Crippen LogP contribution is -2.44. The third kappa shape index (κ3) is 3.43. The van der Waals surface area contributed by atoms with Crippen molar-refractivity contribution in [3.05, 3.63) is 29.3 Å². The fraction of sp³-hybridized carbons (Fsp3) is 0.500. The third-order valence-corrected chi connectivity index (χ3v) is 3.67. The summed E-state index contributed by atoms with van der Waals surface area (Å²) in [7, 11) is 4.15. The summed E-state index contributed by atoms with van der Waals surface area (Å²) in [6.45, 7) is 7.28. The van der Waals surface area contributed by atoms with Crippen molar-refractivity contribution in [1.29, 1.82) is 0 Å². The first-order chi connectivity index (χ1) is 8.25. The number of nitrogens with one attached hydrogen (secondary N) is 1. The van der Waals surface area contributed by atoms with Gasteiger partial charge in [0.2, 0.25) is 0 Å². The van der Waals surface area contributed by atoms with Crippen LogP contribution in [0.15, 0.2) is 18.2 Å². The molecule has 0 spiro atoms. The largest absolute Gasteiger partial charge is 0.389 e. The molecule has 1 aromatic rings. The SMILES string of the molecule is Cc1cccc(C(N)=S)c1NCC(C)(C)N(C)C. The van der Waals surface area contributed by atoms with Gasteiger partial charge in [-0.05, 0) is 46.5 Å². The van der Waals surface area contributed by atoms with Gasteiger partial charge in [-0.2, -0.15) is 0 Å². The summed E-state index contributed by atoms with van der Waals surface area (Å²) in [6.07, 6.45) is 0. The monoisotopic (exact) mass is 265 g/mol. The maximum Gasteiger partial charge on any atom is 0.106 e. The number of rotatable bonds is 5. The summed E-state index contributed by atoms with van der Waals surface area (Å²) in [5.41, 5.74) is 8.95. The molecule has 0 aliphatic carbocycles. The molecule has 0 unspecified atom stereocenters. The van der Waals surface area contributed by atoms with Gasteiger partial charge in [-0.1, -0.05) is 24.4 Å². The van der Waals surface area contributed by atoms with Gasteiger partial charge >= 0.3 is 0 Å². The highest BCUT2D eigenvalue weighted by Gasteiger charge is 2.20. The van der Waals surface area contributed by atoms with E-state index >= 15 is 0 Å². The molecule has 3 nitrogen and oxygen atoms in total. The molecule has 100 valence electrons. The zero-order chi connectivity index (χ0) is 13.9. The van der Waals surface area contributed by atoms with Crippen molar-refractivity contribution in [3.8, 4) is 0 Å². The standard InChI is InChI=1S/C14H23N3S/c1-10-7-6-8-11(13(15)18)12(10)16-9-14(2,3)17(4)5/h6-8,16H,9H2,1-5H3,(H2,15,18). The molecule has 0 radical (unpaired) electrons. The summed E-state index contributed by atoms with van der Waals surface area (Å²) in [4.78, 5) is 2.63. The van der Waals surface area contributed by atoms with Crippen molar-refractivity contribution in [2.24, 2.45) is 5.73 Å². The van der Waals surface area contributed by atoms with Gasteiger partial charge in [0.1, 0.15) is 4.99 Å². The lowest BCUT2D eigenvalue weighted by molar-refractivity contribution is 0.210. The molecule has 18 heavy (non-hydrogen) atoms. The predicted molar refractivity (Wildman–Crippen MR) is 83.3 cm³/mol. The zero-order valence-corrected chi connectivity index (χ0v) is 12.7. The van der Waals surface area contributed by atoms with Crippen LogP contribution in [0.4, 0.5) is 5.69 Å². The van der Waals surface area contributed by atoms with Crippen LogP contribution in [-0.2, 0) is 0 Å². The van der Waals surface area contributed by atoms with Gasteiger partial charge in [-0.25, -0.2) is 0 Å². The van der Waals surface area contributed by atoms with Crippen LogP contribution < -0.4 is 11.1 Å². The van der Waals surface area contributed by atoms with Gasteiger partial charge < -0.3 is 16.0 Å². The van der Waals surface area contributed by atoms with E-state index in [4.69, 9.17) is 18.0 Å². The molecule has 1 rings (SSSR count). The van der Waals surface area contributed by atoms with Crippen LogP contribution in [-0.4, -0.2) is 36.1 Å². The first-order valence-electron chi connectivity index (χ1n) is 6.06. The van der Waals surface area contributed by atoms with E-state index in [1.165, 1.54) is 0 Å². The Hall–Kier alpha value is -1.13. The van der Waals surface area contributed by atoms with E-state index in [2.05, 4.69) is 51.1 Å². The van der Waals surface area contributed by atoms with Crippen molar-refractivity contribution in [3.63, 3.8) is 0 Å². The average Bonchev–Trinajstić information content (AvgIpc) is 2.26. The van der Waals surface area contributed by atoms with Gasteiger partial charge in [0.15, 0.2) is 0 Å². The second kappa shape index (κ2) is 5.67. The van der Waals surface area contributed by atoms with E-state index in [-0.39, 0.29) is 5.54 Å². The highest BCUT2D eigenvalue weighted by atomic mass is 32.1. The molecule has 0 aromatic heterocycles. The molecule has 0 aliphatic rings. The molecule has 0 fully saturated rings. The van der Waals surface area contributed by atoms with Gasteiger partial charge in [0.25, 0.3) is 0 Å². The molecule has 1 aromatic carbocycles. The minimum absolute atomic E-state index is 0.0652. The van der Waals surface area contributed by atoms with Crippen molar-refractivity contribution in [1.82, 2.24) is 4.90 Å². The number of anilines is 1. The molecule has 4 heteroatoms. The predicted octanol–water partition coefficient (Wildman–Crippen LogP) is 2.38. The van der Waals surface area contributed by atoms with Crippen LogP contribution in [0.5, 0.6) is 0 Å². The van der Waals surface area contributed by atoms with Crippen molar-refractivity contribution < 1.29 is 0 Å². The second-order valence-electron chi connectivity index (χ2n) is 5.42. The van der Waals surface area contributed by atoms with E-state index in [9.17, 15) is 0 Å². The molecule has 0 atom stereocenters. The Morgan fingerprint density at radius 3 is 2.50 bits per heavy atom. The highest BCUT2D eigenvalue weighted by Crippen LogP contribution is 2.22. The average molecular weight is 265 g/mol.